The van der Waals surface area contributed by atoms with Gasteiger partial charge >= 0.3 is 0 Å². The molecule has 41 heavy (non-hydrogen) atoms. The third-order valence-electron chi connectivity index (χ3n) is 6.49. The molecule has 0 aliphatic carbocycles. The zero-order chi connectivity index (χ0) is 30.0. The standard InChI is InChI=1S/C31H37F2N3O4S/c1-23(2)21-34-31(38)29(19-24-11-6-4-7-12-24)35(22-25-13-8-5-9-14-25)30(37)15-10-18-36(41(3,39)40)26-16-17-27(32)28(33)20-26/h4-9,11-14,16-17,20,23,29H,10,15,18-19,21-22H2,1-3H3,(H,34,38)/t29-/m1/s1. The maximum atomic E-state index is 13.9. The number of hydrogen-bond donors (Lipinski definition) is 1. The van der Waals surface area contributed by atoms with Crippen molar-refractivity contribution in [2.45, 2.75) is 45.7 Å². The van der Waals surface area contributed by atoms with Gasteiger partial charge in [-0.15, -0.1) is 0 Å². The fourth-order valence-corrected chi connectivity index (χ4v) is 5.36. The first-order valence-corrected chi connectivity index (χ1v) is 15.4. The van der Waals surface area contributed by atoms with Crippen LogP contribution in [0.4, 0.5) is 14.5 Å². The molecule has 1 atom stereocenters. The summed E-state index contributed by atoms with van der Waals surface area (Å²) in [5.41, 5.74) is 1.70. The van der Waals surface area contributed by atoms with Crippen LogP contribution in [-0.2, 0) is 32.6 Å². The summed E-state index contributed by atoms with van der Waals surface area (Å²) in [7, 11) is -3.85. The lowest BCUT2D eigenvalue weighted by Crippen LogP contribution is -2.51. The number of rotatable bonds is 14. The van der Waals surface area contributed by atoms with Crippen molar-refractivity contribution in [3.63, 3.8) is 0 Å². The van der Waals surface area contributed by atoms with Crippen molar-refractivity contribution in [2.24, 2.45) is 5.92 Å². The Morgan fingerprint density at radius 2 is 1.49 bits per heavy atom. The highest BCUT2D eigenvalue weighted by atomic mass is 32.2. The largest absolute Gasteiger partial charge is 0.354 e. The van der Waals surface area contributed by atoms with Gasteiger partial charge in [-0.05, 0) is 35.6 Å². The van der Waals surface area contributed by atoms with Gasteiger partial charge in [0, 0.05) is 38.5 Å². The Balaban J connectivity index is 1.86. The Bertz CT molecular complexity index is 1400. The lowest BCUT2D eigenvalue weighted by atomic mass is 10.0. The van der Waals surface area contributed by atoms with E-state index in [-0.39, 0.29) is 49.4 Å². The van der Waals surface area contributed by atoms with Crippen molar-refractivity contribution in [3.05, 3.63) is 102 Å². The van der Waals surface area contributed by atoms with E-state index in [1.165, 1.54) is 6.07 Å². The van der Waals surface area contributed by atoms with Gasteiger partial charge in [0.1, 0.15) is 6.04 Å². The van der Waals surface area contributed by atoms with Gasteiger partial charge in [-0.3, -0.25) is 13.9 Å². The van der Waals surface area contributed by atoms with Crippen molar-refractivity contribution < 1.29 is 26.8 Å². The molecule has 0 saturated carbocycles. The molecule has 2 amide bonds. The number of halogens is 2. The predicted molar refractivity (Wildman–Crippen MR) is 157 cm³/mol. The quantitative estimate of drug-likeness (QED) is 0.291. The first-order chi connectivity index (χ1) is 19.5. The molecule has 0 saturated heterocycles. The average Bonchev–Trinajstić information content (AvgIpc) is 2.93. The molecular weight excluding hydrogens is 548 g/mol. The fraction of sp³-hybridized carbons (Fsp3) is 0.355. The van der Waals surface area contributed by atoms with E-state index in [1.807, 2.05) is 74.5 Å². The smallest absolute Gasteiger partial charge is 0.243 e. The van der Waals surface area contributed by atoms with Crippen LogP contribution in [0.3, 0.4) is 0 Å². The lowest BCUT2D eigenvalue weighted by Gasteiger charge is -2.32. The molecular formula is C31H37F2N3O4S. The molecule has 0 unspecified atom stereocenters. The van der Waals surface area contributed by atoms with Crippen molar-refractivity contribution >= 4 is 27.5 Å². The summed E-state index contributed by atoms with van der Waals surface area (Å²) < 4.78 is 53.2. The lowest BCUT2D eigenvalue weighted by molar-refractivity contribution is -0.141. The van der Waals surface area contributed by atoms with Crippen LogP contribution in [-0.4, -0.2) is 50.5 Å². The Morgan fingerprint density at radius 1 is 0.878 bits per heavy atom. The maximum Gasteiger partial charge on any atom is 0.243 e. The van der Waals surface area contributed by atoms with Crippen LogP contribution in [0.25, 0.3) is 0 Å². The average molecular weight is 586 g/mol. The minimum atomic E-state index is -3.85. The van der Waals surface area contributed by atoms with Crippen molar-refractivity contribution in [1.82, 2.24) is 10.2 Å². The van der Waals surface area contributed by atoms with Gasteiger partial charge in [0.15, 0.2) is 11.6 Å². The third-order valence-corrected chi connectivity index (χ3v) is 7.69. The van der Waals surface area contributed by atoms with Gasteiger partial charge in [0.05, 0.1) is 11.9 Å². The van der Waals surface area contributed by atoms with E-state index >= 15 is 0 Å². The van der Waals surface area contributed by atoms with E-state index in [0.717, 1.165) is 33.8 Å². The van der Waals surface area contributed by atoms with Crippen molar-refractivity contribution in [3.8, 4) is 0 Å². The molecule has 0 heterocycles. The summed E-state index contributed by atoms with van der Waals surface area (Å²) in [6.07, 6.45) is 1.30. The molecule has 0 spiro atoms. The van der Waals surface area contributed by atoms with Gasteiger partial charge in [-0.25, -0.2) is 17.2 Å². The van der Waals surface area contributed by atoms with E-state index in [1.54, 1.807) is 4.90 Å². The van der Waals surface area contributed by atoms with E-state index in [2.05, 4.69) is 5.32 Å². The Kier molecular flexibility index (Phi) is 11.4. The summed E-state index contributed by atoms with van der Waals surface area (Å²) in [4.78, 5) is 28.8. The molecule has 0 radical (unpaired) electrons. The number of benzene rings is 3. The highest BCUT2D eigenvalue weighted by molar-refractivity contribution is 7.92. The summed E-state index contributed by atoms with van der Waals surface area (Å²) in [5.74, 6) is -2.64. The first-order valence-electron chi connectivity index (χ1n) is 13.5. The molecule has 7 nitrogen and oxygen atoms in total. The van der Waals surface area contributed by atoms with Gasteiger partial charge < -0.3 is 10.2 Å². The number of carbonyl (C=O) groups excluding carboxylic acids is 2. The molecule has 3 aromatic carbocycles. The summed E-state index contributed by atoms with van der Waals surface area (Å²) in [6.45, 7) is 4.48. The number of nitrogens with one attached hydrogen (secondary N) is 1. The zero-order valence-corrected chi connectivity index (χ0v) is 24.4. The number of anilines is 1. The predicted octanol–water partition coefficient (Wildman–Crippen LogP) is 4.92. The second kappa shape index (κ2) is 14.7. The van der Waals surface area contributed by atoms with E-state index in [9.17, 15) is 26.8 Å². The molecule has 0 aliphatic heterocycles. The molecule has 0 aliphatic rings. The Morgan fingerprint density at radius 3 is 2.05 bits per heavy atom. The number of hydrogen-bond acceptors (Lipinski definition) is 4. The molecule has 1 N–H and O–H groups in total. The highest BCUT2D eigenvalue weighted by Crippen LogP contribution is 2.22. The van der Waals surface area contributed by atoms with Crippen LogP contribution < -0.4 is 9.62 Å². The molecule has 0 bridgehead atoms. The van der Waals surface area contributed by atoms with Crippen LogP contribution in [0.5, 0.6) is 0 Å². The molecule has 10 heteroatoms. The van der Waals surface area contributed by atoms with E-state index in [0.29, 0.717) is 13.0 Å². The Hall–Kier alpha value is -3.79. The molecule has 3 aromatic rings. The van der Waals surface area contributed by atoms with Crippen LogP contribution in [0.1, 0.15) is 37.8 Å². The van der Waals surface area contributed by atoms with Crippen molar-refractivity contribution in [2.75, 3.05) is 23.7 Å². The topological polar surface area (TPSA) is 86.8 Å². The van der Waals surface area contributed by atoms with Gasteiger partial charge in [-0.2, -0.15) is 0 Å². The zero-order valence-electron chi connectivity index (χ0n) is 23.6. The normalized spacial score (nSPS) is 12.1. The van der Waals surface area contributed by atoms with E-state index < -0.39 is 27.7 Å². The second-order valence-corrected chi connectivity index (χ2v) is 12.3. The fourth-order valence-electron chi connectivity index (χ4n) is 4.40. The van der Waals surface area contributed by atoms with Gasteiger partial charge in [-0.1, -0.05) is 74.5 Å². The first kappa shape index (κ1) is 31.7. The van der Waals surface area contributed by atoms with Gasteiger partial charge in [0.25, 0.3) is 0 Å². The molecule has 220 valence electrons. The number of amides is 2. The SMILES string of the molecule is CC(C)CNC(=O)[C@@H](Cc1ccccc1)N(Cc1ccccc1)C(=O)CCCN(c1ccc(F)c(F)c1)S(C)(=O)=O. The second-order valence-electron chi connectivity index (χ2n) is 10.4. The Labute approximate surface area is 241 Å². The number of nitrogens with zero attached hydrogens (tertiary/aromatic N) is 2. The number of sulfonamides is 1. The highest BCUT2D eigenvalue weighted by Gasteiger charge is 2.30. The maximum absolute atomic E-state index is 13.9. The van der Waals surface area contributed by atoms with Crippen LogP contribution >= 0.6 is 0 Å². The molecule has 0 aromatic heterocycles. The third kappa shape index (κ3) is 9.67. The monoisotopic (exact) mass is 585 g/mol. The van der Waals surface area contributed by atoms with Gasteiger partial charge in [0.2, 0.25) is 21.8 Å². The summed E-state index contributed by atoms with van der Waals surface area (Å²) in [6, 6.07) is 20.8. The summed E-state index contributed by atoms with van der Waals surface area (Å²) >= 11 is 0. The van der Waals surface area contributed by atoms with Crippen LogP contribution in [0.15, 0.2) is 78.9 Å². The molecule has 0 fully saturated rings. The van der Waals surface area contributed by atoms with Crippen LogP contribution in [0.2, 0.25) is 0 Å². The van der Waals surface area contributed by atoms with E-state index in [4.69, 9.17) is 0 Å². The minimum Gasteiger partial charge on any atom is -0.354 e. The van der Waals surface area contributed by atoms with Crippen LogP contribution in [0, 0.1) is 17.6 Å². The summed E-state index contributed by atoms with van der Waals surface area (Å²) in [5, 5.41) is 2.96. The number of carbonyl (C=O) groups is 2. The minimum absolute atomic E-state index is 0.0324. The molecule has 3 rings (SSSR count). The van der Waals surface area contributed by atoms with Crippen molar-refractivity contribution in [1.29, 1.82) is 0 Å².